The monoisotopic (exact) mass is 408 g/mol. The van der Waals surface area contributed by atoms with Gasteiger partial charge in [0.05, 0.1) is 11.2 Å². The standard InChI is InChI=1S/C25H24N6/c1-2-4-22-19(3-1)5-6-23(29-22)31-16-21(17-31)24-25(28-13-12-27-24)30-14-9-20(15-30)18-7-10-26-11-8-18/h1-8,10-13,20-21H,9,14-17H2/t20-/m1/s1. The van der Waals surface area contributed by atoms with Gasteiger partial charge in [-0.3, -0.25) is 9.97 Å². The van der Waals surface area contributed by atoms with Crippen LogP contribution in [-0.2, 0) is 0 Å². The molecule has 0 amide bonds. The first-order valence-electron chi connectivity index (χ1n) is 10.9. The molecular weight excluding hydrogens is 384 g/mol. The quantitative estimate of drug-likeness (QED) is 0.508. The van der Waals surface area contributed by atoms with Crippen molar-refractivity contribution in [1.29, 1.82) is 0 Å². The molecule has 6 rings (SSSR count). The molecule has 0 unspecified atom stereocenters. The molecule has 2 aliphatic rings. The summed E-state index contributed by atoms with van der Waals surface area (Å²) in [6, 6.07) is 16.8. The van der Waals surface area contributed by atoms with Crippen molar-refractivity contribution in [3.63, 3.8) is 0 Å². The van der Waals surface area contributed by atoms with Crippen LogP contribution >= 0.6 is 0 Å². The minimum atomic E-state index is 0.386. The molecule has 0 radical (unpaired) electrons. The van der Waals surface area contributed by atoms with Gasteiger partial charge in [-0.05, 0) is 42.3 Å². The van der Waals surface area contributed by atoms with Crippen LogP contribution in [0.4, 0.5) is 11.6 Å². The summed E-state index contributed by atoms with van der Waals surface area (Å²) in [5, 5.41) is 1.18. The van der Waals surface area contributed by atoms with Gasteiger partial charge in [0.15, 0.2) is 5.82 Å². The molecule has 0 saturated carbocycles. The highest BCUT2D eigenvalue weighted by molar-refractivity contribution is 5.80. The van der Waals surface area contributed by atoms with Gasteiger partial charge in [-0.25, -0.2) is 9.97 Å². The summed E-state index contributed by atoms with van der Waals surface area (Å²) in [7, 11) is 0. The van der Waals surface area contributed by atoms with E-state index >= 15 is 0 Å². The second-order valence-electron chi connectivity index (χ2n) is 8.44. The first-order chi connectivity index (χ1) is 15.3. The zero-order chi connectivity index (χ0) is 20.6. The number of pyridine rings is 2. The van der Waals surface area contributed by atoms with Crippen LogP contribution in [0.3, 0.4) is 0 Å². The minimum Gasteiger partial charge on any atom is -0.355 e. The number of fused-ring (bicyclic) bond motifs is 1. The molecule has 1 atom stereocenters. The lowest BCUT2D eigenvalue weighted by atomic mass is 9.95. The lowest BCUT2D eigenvalue weighted by molar-refractivity contribution is 0.507. The second kappa shape index (κ2) is 7.61. The molecule has 5 heterocycles. The third-order valence-electron chi connectivity index (χ3n) is 6.55. The maximum atomic E-state index is 4.84. The molecule has 6 nitrogen and oxygen atoms in total. The van der Waals surface area contributed by atoms with Gasteiger partial charge in [-0.1, -0.05) is 18.2 Å². The molecule has 2 aliphatic heterocycles. The summed E-state index contributed by atoms with van der Waals surface area (Å²) < 4.78 is 0. The van der Waals surface area contributed by atoms with Crippen molar-refractivity contribution in [3.8, 4) is 0 Å². The van der Waals surface area contributed by atoms with Crippen molar-refractivity contribution < 1.29 is 0 Å². The molecule has 3 aromatic heterocycles. The van der Waals surface area contributed by atoms with Gasteiger partial charge in [0, 0.05) is 68.2 Å². The predicted molar refractivity (Wildman–Crippen MR) is 123 cm³/mol. The third-order valence-corrected chi connectivity index (χ3v) is 6.55. The number of anilines is 2. The zero-order valence-corrected chi connectivity index (χ0v) is 17.3. The van der Waals surface area contributed by atoms with Crippen molar-refractivity contribution in [3.05, 3.63) is 84.6 Å². The molecule has 2 saturated heterocycles. The van der Waals surface area contributed by atoms with E-state index in [2.05, 4.69) is 57.2 Å². The number of aromatic nitrogens is 4. The second-order valence-corrected chi connectivity index (χ2v) is 8.44. The molecule has 31 heavy (non-hydrogen) atoms. The molecular formula is C25H24N6. The summed E-state index contributed by atoms with van der Waals surface area (Å²) in [6.07, 6.45) is 8.55. The fraction of sp³-hybridized carbons (Fsp3) is 0.280. The highest BCUT2D eigenvalue weighted by Crippen LogP contribution is 2.37. The Bertz CT molecular complexity index is 1200. The van der Waals surface area contributed by atoms with Gasteiger partial charge in [-0.2, -0.15) is 0 Å². The van der Waals surface area contributed by atoms with Crippen molar-refractivity contribution in [2.75, 3.05) is 36.0 Å². The summed E-state index contributed by atoms with van der Waals surface area (Å²) in [4.78, 5) is 23.2. The minimum absolute atomic E-state index is 0.386. The average molecular weight is 409 g/mol. The first-order valence-corrected chi connectivity index (χ1v) is 10.9. The van der Waals surface area contributed by atoms with Gasteiger partial charge in [0.25, 0.3) is 0 Å². The average Bonchev–Trinajstić information content (AvgIpc) is 3.29. The fourth-order valence-electron chi connectivity index (χ4n) is 4.80. The maximum Gasteiger partial charge on any atom is 0.150 e. The van der Waals surface area contributed by atoms with Crippen molar-refractivity contribution in [1.82, 2.24) is 19.9 Å². The van der Waals surface area contributed by atoms with Crippen LogP contribution in [0.25, 0.3) is 10.9 Å². The lowest BCUT2D eigenvalue weighted by Gasteiger charge is -2.40. The molecule has 0 N–H and O–H groups in total. The molecule has 0 spiro atoms. The van der Waals surface area contributed by atoms with E-state index in [-0.39, 0.29) is 0 Å². The van der Waals surface area contributed by atoms with E-state index in [1.165, 1.54) is 10.9 Å². The van der Waals surface area contributed by atoms with Crippen molar-refractivity contribution in [2.24, 2.45) is 0 Å². The molecule has 1 aromatic carbocycles. The van der Waals surface area contributed by atoms with E-state index in [1.54, 1.807) is 0 Å². The summed E-state index contributed by atoms with van der Waals surface area (Å²) in [5.74, 6) is 3.00. The van der Waals surface area contributed by atoms with Crippen LogP contribution in [0.2, 0.25) is 0 Å². The van der Waals surface area contributed by atoms with Crippen molar-refractivity contribution in [2.45, 2.75) is 18.3 Å². The summed E-state index contributed by atoms with van der Waals surface area (Å²) in [5.41, 5.74) is 3.53. The molecule has 0 bridgehead atoms. The zero-order valence-electron chi connectivity index (χ0n) is 17.3. The van der Waals surface area contributed by atoms with E-state index in [0.717, 1.165) is 55.4 Å². The smallest absolute Gasteiger partial charge is 0.150 e. The highest BCUT2D eigenvalue weighted by atomic mass is 15.3. The van der Waals surface area contributed by atoms with Gasteiger partial charge in [0.1, 0.15) is 5.82 Å². The fourth-order valence-corrected chi connectivity index (χ4v) is 4.80. The van der Waals surface area contributed by atoms with Crippen LogP contribution in [0, 0.1) is 0 Å². The Morgan fingerprint density at radius 3 is 2.45 bits per heavy atom. The number of benzene rings is 1. The van der Waals surface area contributed by atoms with E-state index in [9.17, 15) is 0 Å². The van der Waals surface area contributed by atoms with E-state index < -0.39 is 0 Å². The third kappa shape index (κ3) is 3.38. The topological polar surface area (TPSA) is 58.0 Å². The first kappa shape index (κ1) is 18.2. The Labute approximate surface area is 181 Å². The van der Waals surface area contributed by atoms with E-state index in [4.69, 9.17) is 15.0 Å². The lowest BCUT2D eigenvalue weighted by Crippen LogP contribution is -2.46. The number of hydrogen-bond acceptors (Lipinski definition) is 6. The molecule has 4 aromatic rings. The highest BCUT2D eigenvalue weighted by Gasteiger charge is 2.35. The van der Waals surface area contributed by atoms with E-state index in [0.29, 0.717) is 11.8 Å². The predicted octanol–water partition coefficient (Wildman–Crippen LogP) is 4.02. The summed E-state index contributed by atoms with van der Waals surface area (Å²) >= 11 is 0. The normalized spacial score (nSPS) is 19.0. The van der Waals surface area contributed by atoms with Gasteiger partial charge in [0.2, 0.25) is 0 Å². The van der Waals surface area contributed by atoms with Gasteiger partial charge < -0.3 is 9.80 Å². The van der Waals surface area contributed by atoms with Gasteiger partial charge >= 0.3 is 0 Å². The van der Waals surface area contributed by atoms with Crippen LogP contribution in [0.5, 0.6) is 0 Å². The van der Waals surface area contributed by atoms with Crippen molar-refractivity contribution >= 4 is 22.5 Å². The molecule has 6 heteroatoms. The SMILES string of the molecule is c1ccc2nc(N3CC(c4nccnc4N4CC[C@@H](c5ccncc5)C4)C3)ccc2c1. The Kier molecular flexibility index (Phi) is 4.48. The molecule has 154 valence electrons. The number of rotatable bonds is 4. The van der Waals surface area contributed by atoms with Crippen LogP contribution in [0.1, 0.15) is 29.5 Å². The van der Waals surface area contributed by atoms with E-state index in [1.807, 2.05) is 30.9 Å². The Morgan fingerprint density at radius 2 is 1.55 bits per heavy atom. The summed E-state index contributed by atoms with van der Waals surface area (Å²) in [6.45, 7) is 3.86. The number of hydrogen-bond donors (Lipinski definition) is 0. The van der Waals surface area contributed by atoms with Crippen LogP contribution in [-0.4, -0.2) is 46.1 Å². The maximum absolute atomic E-state index is 4.84. The Balaban J connectivity index is 1.18. The van der Waals surface area contributed by atoms with Crippen LogP contribution < -0.4 is 9.80 Å². The van der Waals surface area contributed by atoms with Crippen LogP contribution in [0.15, 0.2) is 73.3 Å². The number of nitrogens with zero attached hydrogens (tertiary/aromatic N) is 6. The molecule has 0 aliphatic carbocycles. The molecule has 2 fully saturated rings. The number of para-hydroxylation sites is 1. The largest absolute Gasteiger partial charge is 0.355 e. The Hall–Kier alpha value is -3.54. The Morgan fingerprint density at radius 1 is 0.742 bits per heavy atom. The van der Waals surface area contributed by atoms with Gasteiger partial charge in [-0.15, -0.1) is 0 Å².